The Morgan fingerprint density at radius 3 is 2.73 bits per heavy atom. The quantitative estimate of drug-likeness (QED) is 0.112. The zero-order chi connectivity index (χ0) is 26.4. The lowest BCUT2D eigenvalue weighted by Gasteiger charge is -2.20. The number of aryl methyl sites for hydroxylation is 1. The first kappa shape index (κ1) is 28.5. The van der Waals surface area contributed by atoms with Crippen LogP contribution >= 0.6 is 46.3 Å². The summed E-state index contributed by atoms with van der Waals surface area (Å²) in [5.74, 6) is 0.103. The second-order valence-electron chi connectivity index (χ2n) is 8.23. The molecular formula is C25H25Cl2N2O5S3. The minimum absolute atomic E-state index is 0.103. The van der Waals surface area contributed by atoms with E-state index >= 15 is 0 Å². The molecule has 2 heterocycles. The Morgan fingerprint density at radius 2 is 1.97 bits per heavy atom. The van der Waals surface area contributed by atoms with Gasteiger partial charge < -0.3 is 10.2 Å². The van der Waals surface area contributed by atoms with Crippen LogP contribution in [0.15, 0.2) is 58.0 Å². The Kier molecular flexibility index (Phi) is 10.4. The highest BCUT2D eigenvalue weighted by atomic mass is 35.5. The van der Waals surface area contributed by atoms with E-state index < -0.39 is 11.1 Å². The summed E-state index contributed by atoms with van der Waals surface area (Å²) in [4.78, 5) is 7.75. The lowest BCUT2D eigenvalue weighted by Crippen LogP contribution is -2.35. The van der Waals surface area contributed by atoms with Crippen LogP contribution in [0.1, 0.15) is 31.2 Å². The molecule has 0 spiro atoms. The number of thiazole rings is 1. The maximum Gasteiger partial charge on any atom is 0.263 e. The predicted octanol–water partition coefficient (Wildman–Crippen LogP) is 5.84. The molecule has 1 radical (unpaired) electrons. The summed E-state index contributed by atoms with van der Waals surface area (Å²) in [6.45, 7) is 3.48. The van der Waals surface area contributed by atoms with Gasteiger partial charge in [0.1, 0.15) is 4.70 Å². The smallest absolute Gasteiger partial charge is 0.263 e. The summed E-state index contributed by atoms with van der Waals surface area (Å²) in [5, 5.41) is 17.0. The number of benzene rings is 2. The van der Waals surface area contributed by atoms with Gasteiger partial charge in [0.2, 0.25) is 5.52 Å². The standard InChI is InChI=1S/C25H25Cl2N2O5S3/c1-2-17(13-24-28(9-3-11-33-34-30)20-15-18(26)5-7-22(20)35-24)14-25-29(10-4-12-37(31)32)21-16-19(27)6-8-23(21)36-25/h5-8,13-16H,2-4,9-12H2,1H3. The maximum absolute atomic E-state index is 11.1. The summed E-state index contributed by atoms with van der Waals surface area (Å²) >= 11 is 13.8. The number of allylic oxidation sites excluding steroid dienone is 2. The normalized spacial score (nSPS) is 15.6. The third-order valence-electron chi connectivity index (χ3n) is 5.76. The molecule has 0 saturated carbocycles. The number of halogens is 2. The second kappa shape index (κ2) is 13.5. The van der Waals surface area contributed by atoms with Gasteiger partial charge in [0.15, 0.2) is 17.6 Å². The topological polar surface area (TPSA) is 85.6 Å². The second-order valence-corrected chi connectivity index (χ2v) is 12.2. The van der Waals surface area contributed by atoms with Crippen molar-refractivity contribution in [3.63, 3.8) is 0 Å². The molecule has 1 aliphatic rings. The first-order valence-electron chi connectivity index (χ1n) is 11.7. The zero-order valence-corrected chi connectivity index (χ0v) is 23.9. The highest BCUT2D eigenvalue weighted by Crippen LogP contribution is 2.47. The fourth-order valence-corrected chi connectivity index (χ4v) is 7.03. The summed E-state index contributed by atoms with van der Waals surface area (Å²) < 4.78 is 25.5. The molecule has 0 bridgehead atoms. The fourth-order valence-electron chi connectivity index (χ4n) is 4.04. The van der Waals surface area contributed by atoms with Crippen LogP contribution in [0.2, 0.25) is 10.0 Å². The molecule has 0 fully saturated rings. The average Bonchev–Trinajstić information content (AvgIpc) is 3.38. The molecule has 1 unspecified atom stereocenters. The van der Waals surface area contributed by atoms with E-state index in [1.165, 1.54) is 0 Å². The van der Waals surface area contributed by atoms with Crippen molar-refractivity contribution in [1.29, 1.82) is 0 Å². The molecule has 197 valence electrons. The number of anilines is 1. The van der Waals surface area contributed by atoms with Gasteiger partial charge in [0.25, 0.3) is 5.01 Å². The fraction of sp³-hybridized carbons (Fsp3) is 0.320. The third-order valence-corrected chi connectivity index (χ3v) is 9.08. The first-order chi connectivity index (χ1) is 17.9. The molecule has 2 aromatic carbocycles. The Morgan fingerprint density at radius 1 is 1.19 bits per heavy atom. The van der Waals surface area contributed by atoms with E-state index in [4.69, 9.17) is 23.2 Å². The lowest BCUT2D eigenvalue weighted by atomic mass is 10.2. The van der Waals surface area contributed by atoms with Crippen molar-refractivity contribution in [3.8, 4) is 0 Å². The van der Waals surface area contributed by atoms with Gasteiger partial charge in [0.05, 0.1) is 23.1 Å². The molecule has 0 N–H and O–H groups in total. The number of thioether (sulfide) groups is 1. The van der Waals surface area contributed by atoms with E-state index in [1.54, 1.807) is 23.1 Å². The minimum Gasteiger partial charge on any atom is -0.692 e. The summed E-state index contributed by atoms with van der Waals surface area (Å²) in [5.41, 5.74) is 3.12. The van der Waals surface area contributed by atoms with Gasteiger partial charge >= 0.3 is 0 Å². The van der Waals surface area contributed by atoms with Gasteiger partial charge in [-0.25, -0.2) is 9.10 Å². The number of hydrogen-bond acceptors (Lipinski definition) is 7. The Bertz CT molecular complexity index is 1350. The van der Waals surface area contributed by atoms with Crippen molar-refractivity contribution in [2.24, 2.45) is 0 Å². The Labute approximate surface area is 236 Å². The number of fused-ring (bicyclic) bond motifs is 2. The number of nitrogens with zero attached hydrogens (tertiary/aromatic N) is 2. The van der Waals surface area contributed by atoms with Crippen molar-refractivity contribution in [2.45, 2.75) is 37.6 Å². The van der Waals surface area contributed by atoms with Crippen molar-refractivity contribution >= 4 is 79.4 Å². The van der Waals surface area contributed by atoms with E-state index in [0.717, 1.165) is 42.8 Å². The van der Waals surface area contributed by atoms with Crippen molar-refractivity contribution < 1.29 is 28.5 Å². The van der Waals surface area contributed by atoms with E-state index in [2.05, 4.69) is 38.5 Å². The average molecular weight is 601 g/mol. The minimum atomic E-state index is -2.08. The maximum atomic E-state index is 11.1. The lowest BCUT2D eigenvalue weighted by molar-refractivity contribution is -0.800. The summed E-state index contributed by atoms with van der Waals surface area (Å²) in [7, 11) is 0. The van der Waals surface area contributed by atoms with Crippen LogP contribution in [0.5, 0.6) is 0 Å². The molecule has 0 aliphatic carbocycles. The van der Waals surface area contributed by atoms with Crippen molar-refractivity contribution in [2.75, 3.05) is 23.8 Å². The highest BCUT2D eigenvalue weighted by molar-refractivity contribution is 8.03. The predicted molar refractivity (Wildman–Crippen MR) is 148 cm³/mol. The molecule has 3 aromatic rings. The largest absolute Gasteiger partial charge is 0.692 e. The van der Waals surface area contributed by atoms with Crippen LogP contribution < -0.4 is 14.7 Å². The van der Waals surface area contributed by atoms with Gasteiger partial charge in [0, 0.05) is 40.0 Å². The Hall–Kier alpha value is -1.47. The van der Waals surface area contributed by atoms with E-state index in [9.17, 15) is 14.0 Å². The third kappa shape index (κ3) is 7.35. The van der Waals surface area contributed by atoms with E-state index in [-0.39, 0.29) is 12.4 Å². The van der Waals surface area contributed by atoms with Crippen molar-refractivity contribution in [3.05, 3.63) is 68.1 Å². The molecule has 0 amide bonds. The van der Waals surface area contributed by atoms with Crippen LogP contribution in [-0.2, 0) is 32.1 Å². The van der Waals surface area contributed by atoms with Gasteiger partial charge in [-0.05, 0) is 54.8 Å². The van der Waals surface area contributed by atoms with Crippen LogP contribution in [0.4, 0.5) is 5.69 Å². The van der Waals surface area contributed by atoms with Crippen LogP contribution in [0.3, 0.4) is 0 Å². The van der Waals surface area contributed by atoms with E-state index in [0.29, 0.717) is 36.0 Å². The Balaban J connectivity index is 1.68. The van der Waals surface area contributed by atoms with Crippen LogP contribution in [-0.4, -0.2) is 23.1 Å². The van der Waals surface area contributed by atoms with Gasteiger partial charge in [-0.3, -0.25) is 5.04 Å². The van der Waals surface area contributed by atoms with Gasteiger partial charge in [-0.1, -0.05) is 53.2 Å². The molecule has 7 nitrogen and oxygen atoms in total. The molecule has 12 heteroatoms. The van der Waals surface area contributed by atoms with E-state index in [1.807, 2.05) is 36.4 Å². The zero-order valence-electron chi connectivity index (χ0n) is 20.0. The van der Waals surface area contributed by atoms with Gasteiger partial charge in [-0.15, -0.1) is 4.55 Å². The monoisotopic (exact) mass is 599 g/mol. The number of rotatable bonds is 12. The van der Waals surface area contributed by atoms with Crippen LogP contribution in [0, 0.1) is 0 Å². The van der Waals surface area contributed by atoms with Crippen molar-refractivity contribution in [1.82, 2.24) is 0 Å². The molecule has 1 aromatic heterocycles. The molecule has 4 rings (SSSR count). The molecule has 1 atom stereocenters. The van der Waals surface area contributed by atoms with Crippen LogP contribution in [0.25, 0.3) is 16.3 Å². The molecule has 37 heavy (non-hydrogen) atoms. The molecule has 0 saturated heterocycles. The number of hydrogen-bond donors (Lipinski definition) is 0. The first-order valence-corrected chi connectivity index (χ1v) is 15.3. The summed E-state index contributed by atoms with van der Waals surface area (Å²) in [6, 6.07) is 11.6. The number of aromatic nitrogens is 1. The highest BCUT2D eigenvalue weighted by Gasteiger charge is 2.26. The summed E-state index contributed by atoms with van der Waals surface area (Å²) in [6.07, 6.45) is 6.22. The molecule has 1 aliphatic heterocycles. The molecular weight excluding hydrogens is 575 g/mol. The van der Waals surface area contributed by atoms with Gasteiger partial charge in [-0.2, -0.15) is 4.57 Å². The SMILES string of the molecule is CCC(/C=C1\Sc2ccc(Cl)cc2N1CCCS([O])=O)=C\c1sc2ccc(Cl)cc2[n+]1CCCOO[O-].